The zero-order valence-electron chi connectivity index (χ0n) is 17.7. The molecule has 1 atom stereocenters. The third-order valence-corrected chi connectivity index (χ3v) is 6.09. The summed E-state index contributed by atoms with van der Waals surface area (Å²) in [5.74, 6) is -0.718. The number of benzene rings is 2. The molecule has 1 aliphatic heterocycles. The molecule has 4 aromatic rings. The normalized spacial score (nSPS) is 15.8. The zero-order chi connectivity index (χ0) is 23.3. The van der Waals surface area contributed by atoms with Gasteiger partial charge in [0.25, 0.3) is 5.91 Å². The van der Waals surface area contributed by atoms with E-state index in [9.17, 15) is 9.18 Å². The molecule has 0 bridgehead atoms. The fourth-order valence-electron chi connectivity index (χ4n) is 4.11. The van der Waals surface area contributed by atoms with E-state index in [-0.39, 0.29) is 28.4 Å². The summed E-state index contributed by atoms with van der Waals surface area (Å²) in [5.41, 5.74) is 7.78. The quantitative estimate of drug-likeness (QED) is 0.502. The number of nitrogens with two attached hydrogens (primary N) is 1. The van der Waals surface area contributed by atoms with Crippen LogP contribution in [0.25, 0.3) is 28.0 Å². The maximum atomic E-state index is 14.4. The highest BCUT2D eigenvalue weighted by Gasteiger charge is 2.30. The minimum Gasteiger partial charge on any atom is -0.336 e. The number of nitriles is 1. The molecule has 8 nitrogen and oxygen atoms in total. The van der Waals surface area contributed by atoms with Gasteiger partial charge in [-0.2, -0.15) is 10.4 Å². The van der Waals surface area contributed by atoms with E-state index in [2.05, 4.69) is 10.1 Å². The Kier molecular flexibility index (Phi) is 5.12. The first-order valence-electron chi connectivity index (χ1n) is 10.3. The van der Waals surface area contributed by atoms with Gasteiger partial charge in [0.2, 0.25) is 0 Å². The molecule has 33 heavy (non-hydrogen) atoms. The lowest BCUT2D eigenvalue weighted by molar-refractivity contribution is 0.0786. The maximum absolute atomic E-state index is 14.4. The van der Waals surface area contributed by atoms with Crippen LogP contribution >= 0.6 is 11.6 Å². The Bertz CT molecular complexity index is 1450. The highest BCUT2D eigenvalue weighted by molar-refractivity contribution is 6.33. The molecule has 5 rings (SSSR count). The molecule has 0 saturated carbocycles. The van der Waals surface area contributed by atoms with E-state index in [1.807, 2.05) is 37.5 Å². The van der Waals surface area contributed by atoms with Crippen LogP contribution in [0.3, 0.4) is 0 Å². The molecule has 3 heterocycles. The Labute approximate surface area is 193 Å². The highest BCUT2D eigenvalue weighted by atomic mass is 35.5. The van der Waals surface area contributed by atoms with Crippen molar-refractivity contribution < 1.29 is 9.18 Å². The summed E-state index contributed by atoms with van der Waals surface area (Å²) in [6.07, 6.45) is 2.57. The van der Waals surface area contributed by atoms with E-state index < -0.39 is 5.82 Å². The molecule has 2 N–H and O–H groups in total. The van der Waals surface area contributed by atoms with Gasteiger partial charge >= 0.3 is 0 Å². The van der Waals surface area contributed by atoms with Crippen molar-refractivity contribution in [3.8, 4) is 23.1 Å². The topological polar surface area (TPSA) is 106 Å². The van der Waals surface area contributed by atoms with E-state index in [0.717, 1.165) is 10.9 Å². The van der Waals surface area contributed by atoms with E-state index in [4.69, 9.17) is 22.6 Å². The second-order valence-electron chi connectivity index (χ2n) is 8.06. The third-order valence-electron chi connectivity index (χ3n) is 5.74. The average Bonchev–Trinajstić information content (AvgIpc) is 3.48. The van der Waals surface area contributed by atoms with Crippen LogP contribution in [0.1, 0.15) is 22.5 Å². The van der Waals surface area contributed by atoms with Crippen LogP contribution in [0.2, 0.25) is 5.15 Å². The van der Waals surface area contributed by atoms with Gasteiger partial charge in [-0.3, -0.25) is 14.0 Å². The van der Waals surface area contributed by atoms with Gasteiger partial charge in [-0.1, -0.05) is 11.6 Å². The third kappa shape index (κ3) is 3.63. The lowest BCUT2D eigenvalue weighted by Crippen LogP contribution is -2.32. The van der Waals surface area contributed by atoms with Crippen molar-refractivity contribution in [2.75, 3.05) is 13.1 Å². The van der Waals surface area contributed by atoms with Crippen LogP contribution in [-0.4, -0.2) is 49.3 Å². The van der Waals surface area contributed by atoms with Crippen LogP contribution in [-0.2, 0) is 7.05 Å². The maximum Gasteiger partial charge on any atom is 0.275 e. The lowest BCUT2D eigenvalue weighted by atomic mass is 10.1. The van der Waals surface area contributed by atoms with Crippen molar-refractivity contribution in [1.82, 2.24) is 24.2 Å². The molecule has 2 aromatic heterocycles. The van der Waals surface area contributed by atoms with E-state index in [1.165, 1.54) is 12.1 Å². The number of aromatic nitrogens is 4. The molecule has 0 spiro atoms. The first-order valence-corrected chi connectivity index (χ1v) is 10.7. The molecule has 0 aliphatic carbocycles. The van der Waals surface area contributed by atoms with Gasteiger partial charge in [0, 0.05) is 49.0 Å². The second-order valence-corrected chi connectivity index (χ2v) is 8.42. The Hall–Kier alpha value is -3.74. The van der Waals surface area contributed by atoms with Gasteiger partial charge in [0.1, 0.15) is 22.9 Å². The second kappa shape index (κ2) is 7.99. The molecule has 166 valence electrons. The SMILES string of the molecule is Cn1cc2cc(-n3c(-c4ccc(C#N)c(F)c4)nc(C(=O)N4CC[C@H](N)C4)c3Cl)ccc2n1. The van der Waals surface area contributed by atoms with Crippen molar-refractivity contribution in [2.24, 2.45) is 12.8 Å². The minimum atomic E-state index is -0.679. The Morgan fingerprint density at radius 3 is 2.82 bits per heavy atom. The van der Waals surface area contributed by atoms with Crippen molar-refractivity contribution in [2.45, 2.75) is 12.5 Å². The first kappa shape index (κ1) is 21.1. The molecule has 10 heteroatoms. The molecule has 1 fully saturated rings. The number of likely N-dealkylation sites (tertiary alicyclic amines) is 1. The zero-order valence-corrected chi connectivity index (χ0v) is 18.4. The number of amides is 1. The average molecular weight is 464 g/mol. The number of carbonyl (C=O) groups is 1. The summed E-state index contributed by atoms with van der Waals surface area (Å²) in [6, 6.07) is 11.4. The number of hydrogen-bond donors (Lipinski definition) is 1. The fraction of sp³-hybridized carbons (Fsp3) is 0.217. The lowest BCUT2D eigenvalue weighted by Gasteiger charge is -2.14. The number of halogens is 2. The van der Waals surface area contributed by atoms with Crippen LogP contribution in [0.15, 0.2) is 42.6 Å². The highest BCUT2D eigenvalue weighted by Crippen LogP contribution is 2.33. The summed E-state index contributed by atoms with van der Waals surface area (Å²) in [4.78, 5) is 19.4. The molecule has 1 aliphatic rings. The van der Waals surface area contributed by atoms with E-state index >= 15 is 0 Å². The number of nitrogens with zero attached hydrogens (tertiary/aromatic N) is 6. The number of aryl methyl sites for hydroxylation is 1. The van der Waals surface area contributed by atoms with Gasteiger partial charge in [-0.25, -0.2) is 9.37 Å². The van der Waals surface area contributed by atoms with Crippen LogP contribution < -0.4 is 5.73 Å². The largest absolute Gasteiger partial charge is 0.336 e. The summed E-state index contributed by atoms with van der Waals surface area (Å²) < 4.78 is 17.8. The Morgan fingerprint density at radius 1 is 1.30 bits per heavy atom. The van der Waals surface area contributed by atoms with Crippen LogP contribution in [0, 0.1) is 17.1 Å². The number of carbonyl (C=O) groups excluding carboxylic acids is 1. The van der Waals surface area contributed by atoms with Crippen molar-refractivity contribution in [3.05, 3.63) is 64.8 Å². The number of hydrogen-bond acceptors (Lipinski definition) is 5. The standard InChI is InChI=1S/C23H19ClFN7O/c1-30-11-15-8-17(4-5-19(15)29-30)32-21(24)20(23(33)31-7-6-16(27)12-31)28-22(32)13-2-3-14(10-26)18(25)9-13/h2-5,8-9,11,16H,6-7,12,27H2,1H3/t16-/m0/s1. The van der Waals surface area contributed by atoms with Crippen molar-refractivity contribution in [1.29, 1.82) is 5.26 Å². The first-order chi connectivity index (χ1) is 15.9. The Morgan fingerprint density at radius 2 is 2.12 bits per heavy atom. The summed E-state index contributed by atoms with van der Waals surface area (Å²) in [5, 5.41) is 14.4. The van der Waals surface area contributed by atoms with E-state index in [0.29, 0.717) is 36.6 Å². The van der Waals surface area contributed by atoms with Gasteiger partial charge in [0.05, 0.1) is 11.1 Å². The van der Waals surface area contributed by atoms with Gasteiger partial charge in [-0.15, -0.1) is 0 Å². The molecule has 2 aromatic carbocycles. The molecule has 1 amide bonds. The van der Waals surface area contributed by atoms with Crippen molar-refractivity contribution in [3.63, 3.8) is 0 Å². The molecular weight excluding hydrogens is 445 g/mol. The monoisotopic (exact) mass is 463 g/mol. The molecular formula is C23H19ClFN7O. The number of imidazole rings is 1. The molecule has 1 saturated heterocycles. The van der Waals surface area contributed by atoms with Gasteiger partial charge in [-0.05, 0) is 42.8 Å². The number of fused-ring (bicyclic) bond motifs is 1. The smallest absolute Gasteiger partial charge is 0.275 e. The fourth-order valence-corrected chi connectivity index (χ4v) is 4.41. The predicted octanol–water partition coefficient (Wildman–Crippen LogP) is 3.26. The van der Waals surface area contributed by atoms with Gasteiger partial charge < -0.3 is 10.6 Å². The summed E-state index contributed by atoms with van der Waals surface area (Å²) >= 11 is 6.73. The predicted molar refractivity (Wildman–Crippen MR) is 121 cm³/mol. The summed E-state index contributed by atoms with van der Waals surface area (Å²) in [6.45, 7) is 0.941. The van der Waals surface area contributed by atoms with Gasteiger partial charge in [0.15, 0.2) is 5.69 Å². The van der Waals surface area contributed by atoms with Crippen molar-refractivity contribution >= 4 is 28.4 Å². The number of rotatable bonds is 3. The minimum absolute atomic E-state index is 0.0665. The molecule has 0 unspecified atom stereocenters. The van der Waals surface area contributed by atoms with E-state index in [1.54, 1.807) is 20.2 Å². The van der Waals surface area contributed by atoms with Crippen LogP contribution in [0.4, 0.5) is 4.39 Å². The van der Waals surface area contributed by atoms with Crippen LogP contribution in [0.5, 0.6) is 0 Å². The molecule has 0 radical (unpaired) electrons. The Balaban J connectivity index is 1.70. The summed E-state index contributed by atoms with van der Waals surface area (Å²) in [7, 11) is 1.83.